The second kappa shape index (κ2) is 27.5. The van der Waals surface area contributed by atoms with Crippen molar-refractivity contribution < 1.29 is 38.1 Å². The van der Waals surface area contributed by atoms with Gasteiger partial charge in [0.25, 0.3) is 0 Å². The second-order valence-electron chi connectivity index (χ2n) is 11.9. The Balaban J connectivity index is 0.000000389. The highest BCUT2D eigenvalue weighted by molar-refractivity contribution is 6.17. The van der Waals surface area contributed by atoms with Gasteiger partial charge < -0.3 is 18.9 Å². The minimum atomic E-state index is -0.388. The van der Waals surface area contributed by atoms with Crippen molar-refractivity contribution in [2.75, 3.05) is 20.3 Å². The van der Waals surface area contributed by atoms with E-state index >= 15 is 0 Å². The predicted octanol–water partition coefficient (Wildman–Crippen LogP) is 10.8. The van der Waals surface area contributed by atoms with Crippen molar-refractivity contribution in [3.63, 3.8) is 0 Å². The largest absolute Gasteiger partial charge is 0.465 e. The molecule has 0 amide bonds. The fraction of sp³-hybridized carbons (Fsp3) is 0.160. The number of carbonyl (C=O) groups excluding carboxylic acids is 4. The van der Waals surface area contributed by atoms with Crippen LogP contribution in [0.1, 0.15) is 54.7 Å². The Labute approximate surface area is 343 Å². The summed E-state index contributed by atoms with van der Waals surface area (Å²) in [5.74, 6) is -1.48. The van der Waals surface area contributed by atoms with E-state index in [-0.39, 0.29) is 37.9 Å². The molecule has 0 heterocycles. The van der Waals surface area contributed by atoms with Crippen LogP contribution in [-0.2, 0) is 44.7 Å². The van der Waals surface area contributed by atoms with Gasteiger partial charge in [-0.25, -0.2) is 19.2 Å². The van der Waals surface area contributed by atoms with Crippen LogP contribution in [0, 0.1) is 6.92 Å². The van der Waals surface area contributed by atoms with Crippen LogP contribution in [-0.4, -0.2) is 44.2 Å². The van der Waals surface area contributed by atoms with Gasteiger partial charge in [-0.1, -0.05) is 185 Å². The SMILES string of the molecule is C.C=C(C(=O)OC)c1ccccc1.C=C(C(=O)OCC)c1ccc(C)cc1.C=C(C(=O)OCC)c1ccccc1.C=C(C(=O)OCc1ccccc1)c1ccccc1. The minimum Gasteiger partial charge on any atom is -0.465 e. The molecule has 0 saturated heterocycles. The maximum atomic E-state index is 11.8. The number of rotatable bonds is 12. The summed E-state index contributed by atoms with van der Waals surface area (Å²) in [6, 6.07) is 45.0. The number of methoxy groups -OCH3 is 1. The average molecular weight is 783 g/mol. The van der Waals surface area contributed by atoms with Crippen LogP contribution < -0.4 is 0 Å². The summed E-state index contributed by atoms with van der Waals surface area (Å²) in [6.07, 6.45) is 0. The molecule has 5 rings (SSSR count). The normalized spacial score (nSPS) is 9.31. The second-order valence-corrected chi connectivity index (χ2v) is 11.9. The fourth-order valence-electron chi connectivity index (χ4n) is 4.51. The third kappa shape index (κ3) is 17.6. The molecule has 0 aliphatic heterocycles. The first-order valence-corrected chi connectivity index (χ1v) is 18.1. The van der Waals surface area contributed by atoms with Crippen molar-refractivity contribution in [1.29, 1.82) is 0 Å². The van der Waals surface area contributed by atoms with Crippen molar-refractivity contribution in [3.05, 3.63) is 205 Å². The molecule has 5 aromatic carbocycles. The highest BCUT2D eigenvalue weighted by atomic mass is 16.5. The van der Waals surface area contributed by atoms with E-state index in [0.29, 0.717) is 35.5 Å². The Kier molecular flexibility index (Phi) is 23.2. The Hall–Kier alpha value is -7.06. The zero-order valence-corrected chi connectivity index (χ0v) is 33.1. The van der Waals surface area contributed by atoms with E-state index in [9.17, 15) is 19.2 Å². The first kappa shape index (κ1) is 49.0. The van der Waals surface area contributed by atoms with Gasteiger partial charge in [0.05, 0.1) is 42.6 Å². The fourth-order valence-corrected chi connectivity index (χ4v) is 4.51. The summed E-state index contributed by atoms with van der Waals surface area (Å²) in [5.41, 5.74) is 6.91. The van der Waals surface area contributed by atoms with E-state index < -0.39 is 0 Å². The number of hydrogen-bond donors (Lipinski definition) is 0. The van der Waals surface area contributed by atoms with E-state index in [1.54, 1.807) is 13.8 Å². The van der Waals surface area contributed by atoms with E-state index in [1.165, 1.54) is 7.11 Å². The lowest BCUT2D eigenvalue weighted by Gasteiger charge is -2.07. The molecule has 5 aromatic rings. The van der Waals surface area contributed by atoms with E-state index in [2.05, 4.69) is 31.1 Å². The number of hydrogen-bond acceptors (Lipinski definition) is 8. The standard InChI is InChI=1S/C16H14O2.C12H14O2.C11H12O2.C10H10O2.CH4/c1-13(15-10-6-3-7-11-15)16(17)18-12-14-8-4-2-5-9-14;1-4-14-12(13)10(3)11-7-5-9(2)6-8-11;1-3-13-11(12)9(2)10-7-5-4-6-8-10;1-8(10(11)12-2)9-6-4-3-5-7-9;/h2-11H,1,12H2;5-8H,3-4H2,1-2H3;4-8H,2-3H2,1H3;3-7H,1H2,2H3;1H4. The quantitative estimate of drug-likeness (QED) is 0.0700. The van der Waals surface area contributed by atoms with Gasteiger partial charge in [0.2, 0.25) is 0 Å². The Morgan fingerprint density at radius 3 is 1.05 bits per heavy atom. The van der Waals surface area contributed by atoms with Crippen molar-refractivity contribution in [2.24, 2.45) is 0 Å². The maximum absolute atomic E-state index is 11.8. The van der Waals surface area contributed by atoms with Gasteiger partial charge in [-0.05, 0) is 48.6 Å². The van der Waals surface area contributed by atoms with Gasteiger partial charge >= 0.3 is 23.9 Å². The molecule has 0 atom stereocenters. The average Bonchev–Trinajstić information content (AvgIpc) is 3.26. The van der Waals surface area contributed by atoms with Crippen LogP contribution in [0.25, 0.3) is 22.3 Å². The van der Waals surface area contributed by atoms with Crippen molar-refractivity contribution in [3.8, 4) is 0 Å². The van der Waals surface area contributed by atoms with E-state index in [0.717, 1.165) is 33.4 Å². The summed E-state index contributed by atoms with van der Waals surface area (Å²) in [4.78, 5) is 45.3. The molecule has 0 N–H and O–H groups in total. The highest BCUT2D eigenvalue weighted by Crippen LogP contribution is 2.16. The van der Waals surface area contributed by atoms with Gasteiger partial charge in [-0.15, -0.1) is 0 Å². The number of esters is 4. The number of carbonyl (C=O) groups is 4. The number of ether oxygens (including phenoxy) is 4. The monoisotopic (exact) mass is 782 g/mol. The number of benzene rings is 5. The Morgan fingerprint density at radius 1 is 0.431 bits per heavy atom. The summed E-state index contributed by atoms with van der Waals surface area (Å²) in [6.45, 7) is 21.3. The molecule has 0 aromatic heterocycles. The van der Waals surface area contributed by atoms with Gasteiger partial charge in [-0.2, -0.15) is 0 Å². The van der Waals surface area contributed by atoms with E-state index in [1.807, 2.05) is 153 Å². The van der Waals surface area contributed by atoms with Crippen molar-refractivity contribution >= 4 is 46.2 Å². The molecule has 0 fully saturated rings. The Morgan fingerprint density at radius 2 is 0.724 bits per heavy atom. The summed E-state index contributed by atoms with van der Waals surface area (Å²) < 4.78 is 19.4. The zero-order valence-electron chi connectivity index (χ0n) is 33.1. The van der Waals surface area contributed by atoms with Crippen LogP contribution >= 0.6 is 0 Å². The summed E-state index contributed by atoms with van der Waals surface area (Å²) in [7, 11) is 1.34. The third-order valence-electron chi connectivity index (χ3n) is 7.70. The molecule has 8 heteroatoms. The molecule has 0 aliphatic carbocycles. The van der Waals surface area contributed by atoms with Gasteiger partial charge in [-0.3, -0.25) is 0 Å². The smallest absolute Gasteiger partial charge is 0.338 e. The summed E-state index contributed by atoms with van der Waals surface area (Å²) in [5, 5.41) is 0. The van der Waals surface area contributed by atoms with Crippen molar-refractivity contribution in [1.82, 2.24) is 0 Å². The molecule has 0 radical (unpaired) electrons. The van der Waals surface area contributed by atoms with Gasteiger partial charge in [0, 0.05) is 0 Å². The molecular formula is C50H54O8. The highest BCUT2D eigenvalue weighted by Gasteiger charge is 2.12. The molecule has 302 valence electrons. The molecule has 0 bridgehead atoms. The topological polar surface area (TPSA) is 105 Å². The molecule has 58 heavy (non-hydrogen) atoms. The third-order valence-corrected chi connectivity index (χ3v) is 7.70. The molecule has 0 saturated carbocycles. The van der Waals surface area contributed by atoms with Crippen LogP contribution in [0.4, 0.5) is 0 Å². The number of aryl methyl sites for hydroxylation is 1. The van der Waals surface area contributed by atoms with Gasteiger partial charge in [0.15, 0.2) is 0 Å². The molecule has 0 spiro atoms. The lowest BCUT2D eigenvalue weighted by atomic mass is 10.1. The van der Waals surface area contributed by atoms with Gasteiger partial charge in [0.1, 0.15) is 6.61 Å². The van der Waals surface area contributed by atoms with Crippen LogP contribution in [0.15, 0.2) is 172 Å². The van der Waals surface area contributed by atoms with Crippen molar-refractivity contribution in [2.45, 2.75) is 34.8 Å². The molecule has 8 nitrogen and oxygen atoms in total. The zero-order chi connectivity index (χ0) is 42.0. The predicted molar refractivity (Wildman–Crippen MR) is 235 cm³/mol. The van der Waals surface area contributed by atoms with Crippen LogP contribution in [0.2, 0.25) is 0 Å². The first-order valence-electron chi connectivity index (χ1n) is 18.1. The lowest BCUT2D eigenvalue weighted by molar-refractivity contribution is -0.138. The summed E-state index contributed by atoms with van der Waals surface area (Å²) >= 11 is 0. The Bertz CT molecular complexity index is 2050. The van der Waals surface area contributed by atoms with Crippen LogP contribution in [0.3, 0.4) is 0 Å². The lowest BCUT2D eigenvalue weighted by Crippen LogP contribution is -2.06. The maximum Gasteiger partial charge on any atom is 0.338 e. The first-order chi connectivity index (χ1) is 27.4. The molecule has 0 aliphatic rings. The molecule has 0 unspecified atom stereocenters. The van der Waals surface area contributed by atoms with Crippen LogP contribution in [0.5, 0.6) is 0 Å². The van der Waals surface area contributed by atoms with E-state index in [4.69, 9.17) is 14.2 Å². The minimum absolute atomic E-state index is 0. The molecular weight excluding hydrogens is 729 g/mol.